The number of hydrogen-bond donors (Lipinski definition) is 3. The van der Waals surface area contributed by atoms with Crippen molar-refractivity contribution in [3.63, 3.8) is 0 Å². The number of benzene rings is 2. The summed E-state index contributed by atoms with van der Waals surface area (Å²) in [4.78, 5) is 35.4. The Morgan fingerprint density at radius 1 is 0.893 bits per heavy atom. The molecule has 3 amide bonds. The Bertz CT molecular complexity index is 870. The first-order valence-electron chi connectivity index (χ1n) is 8.67. The van der Waals surface area contributed by atoms with E-state index >= 15 is 0 Å². The highest BCUT2D eigenvalue weighted by Gasteiger charge is 2.10. The molecule has 0 fully saturated rings. The molecule has 0 saturated carbocycles. The van der Waals surface area contributed by atoms with Crippen LogP contribution in [-0.4, -0.2) is 24.3 Å². The van der Waals surface area contributed by atoms with Crippen molar-refractivity contribution in [2.75, 3.05) is 11.9 Å². The molecule has 0 radical (unpaired) electrons. The predicted molar refractivity (Wildman–Crippen MR) is 107 cm³/mol. The van der Waals surface area contributed by atoms with Crippen LogP contribution in [-0.2, 0) is 14.4 Å². The summed E-state index contributed by atoms with van der Waals surface area (Å²) in [5.74, 6) is -0.783. The largest absolute Gasteiger partial charge is 0.484 e. The summed E-state index contributed by atoms with van der Waals surface area (Å²) in [6.07, 6.45) is -0.138. The molecule has 0 saturated heterocycles. The van der Waals surface area contributed by atoms with Crippen molar-refractivity contribution >= 4 is 35.0 Å². The number of nitrogens with one attached hydrogen (secondary N) is 3. The molecule has 0 aliphatic heterocycles. The fraction of sp³-hybridized carbons (Fsp3) is 0.250. The van der Waals surface area contributed by atoms with E-state index in [2.05, 4.69) is 16.2 Å². The lowest BCUT2D eigenvalue weighted by Crippen LogP contribution is -2.44. The summed E-state index contributed by atoms with van der Waals surface area (Å²) in [7, 11) is 0. The molecule has 2 aromatic rings. The fourth-order valence-corrected chi connectivity index (χ4v) is 2.38. The lowest BCUT2D eigenvalue weighted by molar-refractivity contribution is -0.130. The lowest BCUT2D eigenvalue weighted by atomic mass is 10.1. The first kappa shape index (κ1) is 21.2. The molecule has 2 aromatic carbocycles. The van der Waals surface area contributed by atoms with E-state index in [1.807, 2.05) is 26.0 Å². The quantitative estimate of drug-likeness (QED) is 0.619. The van der Waals surface area contributed by atoms with Gasteiger partial charge in [0, 0.05) is 12.8 Å². The van der Waals surface area contributed by atoms with Gasteiger partial charge in [0.05, 0.1) is 10.7 Å². The van der Waals surface area contributed by atoms with Crippen LogP contribution in [0.2, 0.25) is 5.02 Å². The average molecular weight is 404 g/mol. The molecule has 0 heterocycles. The second-order valence-corrected chi connectivity index (χ2v) is 6.57. The van der Waals surface area contributed by atoms with Gasteiger partial charge >= 0.3 is 0 Å². The summed E-state index contributed by atoms with van der Waals surface area (Å²) in [6.45, 7) is 3.69. The third kappa shape index (κ3) is 6.92. The minimum atomic E-state index is -0.507. The van der Waals surface area contributed by atoms with Gasteiger partial charge in [0.15, 0.2) is 6.61 Å². The molecular weight excluding hydrogens is 382 g/mol. The molecule has 28 heavy (non-hydrogen) atoms. The van der Waals surface area contributed by atoms with Gasteiger partial charge in [-0.15, -0.1) is 0 Å². The van der Waals surface area contributed by atoms with Crippen molar-refractivity contribution in [1.82, 2.24) is 10.9 Å². The van der Waals surface area contributed by atoms with E-state index in [9.17, 15) is 14.4 Å². The molecule has 0 aromatic heterocycles. The summed E-state index contributed by atoms with van der Waals surface area (Å²) >= 11 is 5.95. The smallest absolute Gasteiger partial charge is 0.276 e. The number of hydrazine groups is 1. The van der Waals surface area contributed by atoms with Crippen molar-refractivity contribution in [1.29, 1.82) is 0 Å². The average Bonchev–Trinajstić information content (AvgIpc) is 2.67. The summed E-state index contributed by atoms with van der Waals surface area (Å²) in [6, 6.07) is 12.3. The Balaban J connectivity index is 1.66. The van der Waals surface area contributed by atoms with Gasteiger partial charge in [0.1, 0.15) is 5.75 Å². The number of ether oxygens (including phenoxy) is 1. The maximum absolute atomic E-state index is 11.9. The minimum Gasteiger partial charge on any atom is -0.484 e. The van der Waals surface area contributed by atoms with Crippen LogP contribution in [0.15, 0.2) is 42.5 Å². The number of anilines is 1. The molecule has 148 valence electrons. The highest BCUT2D eigenvalue weighted by molar-refractivity contribution is 6.33. The van der Waals surface area contributed by atoms with Crippen LogP contribution < -0.4 is 20.9 Å². The van der Waals surface area contributed by atoms with Crippen molar-refractivity contribution in [3.8, 4) is 5.75 Å². The van der Waals surface area contributed by atoms with Gasteiger partial charge in [-0.25, -0.2) is 0 Å². The molecule has 3 N–H and O–H groups in total. The van der Waals surface area contributed by atoms with E-state index in [4.69, 9.17) is 16.3 Å². The van der Waals surface area contributed by atoms with Crippen LogP contribution in [0, 0.1) is 13.8 Å². The number of para-hydroxylation sites is 1. The first-order valence-corrected chi connectivity index (χ1v) is 9.05. The SMILES string of the molecule is Cc1ccc(OCC(=O)NNC(=O)CCC(=O)Nc2ccccc2Cl)cc1C. The Labute approximate surface area is 168 Å². The summed E-state index contributed by atoms with van der Waals surface area (Å²) in [5, 5.41) is 3.03. The number of carbonyl (C=O) groups is 3. The zero-order valence-corrected chi connectivity index (χ0v) is 16.4. The van der Waals surface area contributed by atoms with Crippen LogP contribution >= 0.6 is 11.6 Å². The Morgan fingerprint density at radius 3 is 2.29 bits per heavy atom. The van der Waals surface area contributed by atoms with E-state index in [1.165, 1.54) is 0 Å². The minimum absolute atomic E-state index is 0.0495. The van der Waals surface area contributed by atoms with Crippen LogP contribution in [0.1, 0.15) is 24.0 Å². The molecular formula is C20H22ClN3O4. The Morgan fingerprint density at radius 2 is 1.57 bits per heavy atom. The molecule has 0 spiro atoms. The first-order chi connectivity index (χ1) is 13.3. The van der Waals surface area contributed by atoms with Gasteiger partial charge in [-0.2, -0.15) is 0 Å². The topological polar surface area (TPSA) is 96.5 Å². The van der Waals surface area contributed by atoms with Crippen molar-refractivity contribution in [2.45, 2.75) is 26.7 Å². The summed E-state index contributed by atoms with van der Waals surface area (Å²) < 4.78 is 5.37. The van der Waals surface area contributed by atoms with E-state index in [1.54, 1.807) is 30.3 Å². The van der Waals surface area contributed by atoms with E-state index in [-0.39, 0.29) is 25.4 Å². The van der Waals surface area contributed by atoms with Crippen LogP contribution in [0.25, 0.3) is 0 Å². The number of aryl methyl sites for hydroxylation is 2. The maximum Gasteiger partial charge on any atom is 0.276 e. The van der Waals surface area contributed by atoms with Gasteiger partial charge in [0.2, 0.25) is 11.8 Å². The van der Waals surface area contributed by atoms with Crippen LogP contribution in [0.3, 0.4) is 0 Å². The maximum atomic E-state index is 11.9. The van der Waals surface area contributed by atoms with Crippen molar-refractivity contribution in [3.05, 3.63) is 58.6 Å². The van der Waals surface area contributed by atoms with Crippen LogP contribution in [0.4, 0.5) is 5.69 Å². The Kier molecular flexibility index (Phi) is 7.83. The number of carbonyl (C=O) groups excluding carboxylic acids is 3. The van der Waals surface area contributed by atoms with Gasteiger partial charge < -0.3 is 10.1 Å². The number of amides is 3. The molecule has 0 atom stereocenters. The zero-order valence-electron chi connectivity index (χ0n) is 15.7. The van der Waals surface area contributed by atoms with Gasteiger partial charge in [-0.1, -0.05) is 29.8 Å². The highest BCUT2D eigenvalue weighted by Crippen LogP contribution is 2.20. The molecule has 0 aliphatic rings. The standard InChI is InChI=1S/C20H22ClN3O4/c1-13-7-8-15(11-14(13)2)28-12-20(27)24-23-19(26)10-9-18(25)22-17-6-4-3-5-16(17)21/h3-8,11H,9-10,12H2,1-2H3,(H,22,25)(H,23,26)(H,24,27). The third-order valence-corrected chi connectivity index (χ3v) is 4.25. The van der Waals surface area contributed by atoms with Crippen molar-refractivity contribution < 1.29 is 19.1 Å². The molecule has 0 aliphatic carbocycles. The Hall–Kier alpha value is -3.06. The van der Waals surface area contributed by atoms with Gasteiger partial charge in [0.25, 0.3) is 5.91 Å². The number of rotatable bonds is 7. The predicted octanol–water partition coefficient (Wildman–Crippen LogP) is 2.90. The fourth-order valence-electron chi connectivity index (χ4n) is 2.19. The van der Waals surface area contributed by atoms with E-state index < -0.39 is 11.8 Å². The molecule has 8 heteroatoms. The lowest BCUT2D eigenvalue weighted by Gasteiger charge is -2.10. The van der Waals surface area contributed by atoms with Crippen molar-refractivity contribution in [2.24, 2.45) is 0 Å². The van der Waals surface area contributed by atoms with E-state index in [0.717, 1.165) is 11.1 Å². The van der Waals surface area contributed by atoms with E-state index in [0.29, 0.717) is 16.5 Å². The highest BCUT2D eigenvalue weighted by atomic mass is 35.5. The number of hydrogen-bond acceptors (Lipinski definition) is 4. The normalized spacial score (nSPS) is 10.1. The molecule has 2 rings (SSSR count). The zero-order chi connectivity index (χ0) is 20.5. The summed E-state index contributed by atoms with van der Waals surface area (Å²) in [5.41, 5.74) is 7.15. The van der Waals surface area contributed by atoms with Gasteiger partial charge in [-0.3, -0.25) is 25.2 Å². The molecule has 0 bridgehead atoms. The molecule has 7 nitrogen and oxygen atoms in total. The second kappa shape index (κ2) is 10.3. The number of halogens is 1. The third-order valence-electron chi connectivity index (χ3n) is 3.92. The van der Waals surface area contributed by atoms with Crippen LogP contribution in [0.5, 0.6) is 5.75 Å². The monoisotopic (exact) mass is 403 g/mol. The second-order valence-electron chi connectivity index (χ2n) is 6.16. The molecule has 0 unspecified atom stereocenters. The van der Waals surface area contributed by atoms with Gasteiger partial charge in [-0.05, 0) is 49.2 Å².